The minimum absolute atomic E-state index is 0.00412. The van der Waals surface area contributed by atoms with Crippen molar-refractivity contribution in [2.45, 2.75) is 33.6 Å². The van der Waals surface area contributed by atoms with Crippen LogP contribution < -0.4 is 10.9 Å². The Balaban J connectivity index is 2.01. The molecular weight excluding hydrogens is 475 g/mol. The Morgan fingerprint density at radius 2 is 1.92 bits per heavy atom. The number of aryl methyl sites for hydroxylation is 2. The van der Waals surface area contributed by atoms with Crippen LogP contribution in [-0.4, -0.2) is 42.8 Å². The molecule has 4 heterocycles. The van der Waals surface area contributed by atoms with Crippen LogP contribution in [-0.2, 0) is 0 Å². The molecular formula is C27H25FN6O3. The number of hydrogen-bond acceptors (Lipinski definition) is 6. The van der Waals surface area contributed by atoms with E-state index in [4.69, 9.17) is 0 Å². The van der Waals surface area contributed by atoms with Gasteiger partial charge < -0.3 is 10.4 Å². The topological polar surface area (TPSA) is 126 Å². The first kappa shape index (κ1) is 24.1. The second kappa shape index (κ2) is 8.81. The third-order valence-corrected chi connectivity index (χ3v) is 6.52. The van der Waals surface area contributed by atoms with Crippen LogP contribution in [0.3, 0.4) is 0 Å². The summed E-state index contributed by atoms with van der Waals surface area (Å²) in [7, 11) is 1.35. The number of hydrogen-bond donors (Lipinski definition) is 3. The highest BCUT2D eigenvalue weighted by Gasteiger charge is 2.28. The highest BCUT2D eigenvalue weighted by molar-refractivity contribution is 6.03. The highest BCUT2D eigenvalue weighted by Crippen LogP contribution is 2.36. The number of carbonyl (C=O) groups excluding carboxylic acids is 1. The molecule has 0 aliphatic rings. The van der Waals surface area contributed by atoms with Crippen molar-refractivity contribution >= 4 is 27.8 Å². The number of pyridine rings is 3. The lowest BCUT2D eigenvalue weighted by molar-refractivity contribution is 0.0959. The molecule has 1 aromatic carbocycles. The van der Waals surface area contributed by atoms with Crippen molar-refractivity contribution in [3.05, 3.63) is 75.2 Å². The van der Waals surface area contributed by atoms with Gasteiger partial charge in [0.15, 0.2) is 5.65 Å². The molecule has 0 unspecified atom stereocenters. The van der Waals surface area contributed by atoms with E-state index >= 15 is 4.39 Å². The molecule has 5 rings (SSSR count). The van der Waals surface area contributed by atoms with Crippen LogP contribution in [0.25, 0.3) is 38.9 Å². The second-order valence-electron chi connectivity index (χ2n) is 9.24. The first-order valence-corrected chi connectivity index (χ1v) is 11.7. The van der Waals surface area contributed by atoms with Gasteiger partial charge in [0.2, 0.25) is 0 Å². The number of fused-ring (bicyclic) bond motifs is 2. The van der Waals surface area contributed by atoms with Crippen LogP contribution in [0, 0.1) is 19.7 Å². The lowest BCUT2D eigenvalue weighted by Gasteiger charge is -2.20. The van der Waals surface area contributed by atoms with Crippen LogP contribution >= 0.6 is 0 Å². The first-order chi connectivity index (χ1) is 17.6. The number of amides is 1. The van der Waals surface area contributed by atoms with E-state index in [-0.39, 0.29) is 22.6 Å². The van der Waals surface area contributed by atoms with Gasteiger partial charge in [0, 0.05) is 24.2 Å². The van der Waals surface area contributed by atoms with Crippen molar-refractivity contribution in [3.63, 3.8) is 0 Å². The Morgan fingerprint density at radius 3 is 2.62 bits per heavy atom. The monoisotopic (exact) mass is 500 g/mol. The van der Waals surface area contributed by atoms with Gasteiger partial charge in [-0.25, -0.2) is 9.37 Å². The van der Waals surface area contributed by atoms with Crippen molar-refractivity contribution in [1.29, 1.82) is 0 Å². The molecule has 0 bridgehead atoms. The third kappa shape index (κ3) is 3.64. The standard InChI is InChI=1S/C27H25FN6O3/c1-12(2)21-23(14(4)8-9-30-21)34-25-15(24(35)20(27(34)37)26(36)29-5)10-17(28)22(32-25)19-13(3)6-7-18-16(19)11-31-33-18/h6-12,35H,1-5H3,(H,29,36)(H,31,33). The SMILES string of the molecule is CNC(=O)c1c(O)c2cc(F)c(-c3c(C)ccc4[nH]ncc34)nc2n(-c2c(C)ccnc2C(C)C)c1=O. The second-order valence-corrected chi connectivity index (χ2v) is 9.24. The molecule has 5 aromatic rings. The number of aromatic amines is 1. The van der Waals surface area contributed by atoms with E-state index in [1.54, 1.807) is 18.5 Å². The summed E-state index contributed by atoms with van der Waals surface area (Å²) in [6.07, 6.45) is 3.23. The number of nitrogens with one attached hydrogen (secondary N) is 2. The minimum atomic E-state index is -0.797. The van der Waals surface area contributed by atoms with E-state index in [9.17, 15) is 14.7 Å². The molecule has 0 atom stereocenters. The Bertz CT molecular complexity index is 1790. The quantitative estimate of drug-likeness (QED) is 0.338. The average molecular weight is 501 g/mol. The summed E-state index contributed by atoms with van der Waals surface area (Å²) in [6, 6.07) is 6.51. The summed E-state index contributed by atoms with van der Waals surface area (Å²) >= 11 is 0. The van der Waals surface area contributed by atoms with Gasteiger partial charge in [-0.1, -0.05) is 19.9 Å². The van der Waals surface area contributed by atoms with Gasteiger partial charge in [0.1, 0.15) is 22.8 Å². The minimum Gasteiger partial charge on any atom is -0.506 e. The van der Waals surface area contributed by atoms with Gasteiger partial charge in [-0.3, -0.25) is 24.2 Å². The van der Waals surface area contributed by atoms with E-state index in [0.29, 0.717) is 33.4 Å². The molecule has 188 valence electrons. The Morgan fingerprint density at radius 1 is 1.16 bits per heavy atom. The number of aromatic hydroxyl groups is 1. The van der Waals surface area contributed by atoms with E-state index in [0.717, 1.165) is 11.6 Å². The lowest BCUT2D eigenvalue weighted by atomic mass is 9.99. The molecule has 4 aromatic heterocycles. The Labute approximate surface area is 211 Å². The molecule has 1 amide bonds. The van der Waals surface area contributed by atoms with Gasteiger partial charge in [-0.2, -0.15) is 5.10 Å². The van der Waals surface area contributed by atoms with Crippen LogP contribution in [0.15, 0.2) is 41.5 Å². The number of halogens is 1. The van der Waals surface area contributed by atoms with Gasteiger partial charge in [-0.15, -0.1) is 0 Å². The van der Waals surface area contributed by atoms with Gasteiger partial charge >= 0.3 is 0 Å². The molecule has 0 saturated carbocycles. The number of rotatable bonds is 4. The van der Waals surface area contributed by atoms with Crippen molar-refractivity contribution in [2.24, 2.45) is 0 Å². The zero-order chi connectivity index (χ0) is 26.6. The summed E-state index contributed by atoms with van der Waals surface area (Å²) in [4.78, 5) is 35.7. The fourth-order valence-corrected chi connectivity index (χ4v) is 4.71. The van der Waals surface area contributed by atoms with Gasteiger partial charge in [0.25, 0.3) is 11.5 Å². The molecule has 0 radical (unpaired) electrons. The zero-order valence-electron chi connectivity index (χ0n) is 21.0. The van der Waals surface area contributed by atoms with Crippen molar-refractivity contribution in [3.8, 4) is 22.7 Å². The third-order valence-electron chi connectivity index (χ3n) is 6.52. The van der Waals surface area contributed by atoms with Crippen LogP contribution in [0.5, 0.6) is 5.75 Å². The van der Waals surface area contributed by atoms with Crippen molar-refractivity contribution in [1.82, 2.24) is 30.0 Å². The zero-order valence-corrected chi connectivity index (χ0v) is 21.0. The fraction of sp³-hybridized carbons (Fsp3) is 0.222. The molecule has 9 nitrogen and oxygen atoms in total. The predicted octanol–water partition coefficient (Wildman–Crippen LogP) is 4.27. The van der Waals surface area contributed by atoms with Gasteiger partial charge in [-0.05, 0) is 49.1 Å². The van der Waals surface area contributed by atoms with E-state index < -0.39 is 28.6 Å². The smallest absolute Gasteiger partial charge is 0.273 e. The molecule has 3 N–H and O–H groups in total. The number of benzene rings is 1. The largest absolute Gasteiger partial charge is 0.506 e. The summed E-state index contributed by atoms with van der Waals surface area (Å²) < 4.78 is 17.0. The van der Waals surface area contributed by atoms with Crippen molar-refractivity contribution in [2.75, 3.05) is 7.05 Å². The average Bonchev–Trinajstić information content (AvgIpc) is 3.34. The normalized spacial score (nSPS) is 11.5. The van der Waals surface area contributed by atoms with Crippen LogP contribution in [0.4, 0.5) is 4.39 Å². The number of aromatic nitrogens is 5. The summed E-state index contributed by atoms with van der Waals surface area (Å²) in [5.41, 5.74) is 2.39. The maximum Gasteiger partial charge on any atom is 0.273 e. The molecule has 37 heavy (non-hydrogen) atoms. The van der Waals surface area contributed by atoms with Gasteiger partial charge in [0.05, 0.1) is 28.5 Å². The summed E-state index contributed by atoms with van der Waals surface area (Å²) in [5.74, 6) is -2.25. The number of carbonyl (C=O) groups is 1. The predicted molar refractivity (Wildman–Crippen MR) is 139 cm³/mol. The van der Waals surface area contributed by atoms with E-state index in [2.05, 4.69) is 25.5 Å². The summed E-state index contributed by atoms with van der Waals surface area (Å²) in [5, 5.41) is 20.9. The number of nitrogens with zero attached hydrogens (tertiary/aromatic N) is 4. The highest BCUT2D eigenvalue weighted by atomic mass is 19.1. The molecule has 0 fully saturated rings. The molecule has 0 aliphatic carbocycles. The Hall–Kier alpha value is -4.60. The molecule has 0 aliphatic heterocycles. The maximum atomic E-state index is 15.7. The molecule has 0 spiro atoms. The van der Waals surface area contributed by atoms with E-state index in [1.807, 2.05) is 39.8 Å². The molecule has 10 heteroatoms. The van der Waals surface area contributed by atoms with Crippen molar-refractivity contribution < 1.29 is 14.3 Å². The van der Waals surface area contributed by atoms with Crippen LogP contribution in [0.2, 0.25) is 0 Å². The maximum absolute atomic E-state index is 15.7. The van der Waals surface area contributed by atoms with Crippen LogP contribution in [0.1, 0.15) is 46.9 Å². The molecule has 0 saturated heterocycles. The summed E-state index contributed by atoms with van der Waals surface area (Å²) in [6.45, 7) is 7.50. The fourth-order valence-electron chi connectivity index (χ4n) is 4.71. The first-order valence-electron chi connectivity index (χ1n) is 11.7. The Kier molecular flexibility index (Phi) is 5.74. The lowest BCUT2D eigenvalue weighted by Crippen LogP contribution is -2.32. The number of H-pyrrole nitrogens is 1. The van der Waals surface area contributed by atoms with E-state index in [1.165, 1.54) is 11.6 Å².